The predicted octanol–water partition coefficient (Wildman–Crippen LogP) is 5.52. The van der Waals surface area contributed by atoms with Crippen LogP contribution in [0.1, 0.15) is 63.0 Å². The summed E-state index contributed by atoms with van der Waals surface area (Å²) in [7, 11) is 0. The van der Waals surface area contributed by atoms with Gasteiger partial charge < -0.3 is 9.47 Å². The van der Waals surface area contributed by atoms with E-state index in [1.807, 2.05) is 6.07 Å². The lowest BCUT2D eigenvalue weighted by atomic mass is 9.98. The van der Waals surface area contributed by atoms with Crippen molar-refractivity contribution in [1.29, 1.82) is 0 Å². The summed E-state index contributed by atoms with van der Waals surface area (Å²) in [5.74, 6) is 4.01. The van der Waals surface area contributed by atoms with Crippen molar-refractivity contribution in [2.45, 2.75) is 65.5 Å². The normalized spacial score (nSPS) is 15.7. The van der Waals surface area contributed by atoms with Crippen LogP contribution in [0.4, 0.5) is 5.82 Å². The van der Waals surface area contributed by atoms with E-state index < -0.39 is 0 Å². The number of unbranched alkanes of at least 4 members (excludes halogenated alkanes) is 2. The highest BCUT2D eigenvalue weighted by Gasteiger charge is 2.32. The molecular formula is C30H38N8. The zero-order valence-corrected chi connectivity index (χ0v) is 22.6. The van der Waals surface area contributed by atoms with Gasteiger partial charge in [-0.2, -0.15) is 0 Å². The van der Waals surface area contributed by atoms with Crippen LogP contribution in [0.5, 0.6) is 0 Å². The number of aromatic amines is 1. The molecule has 0 unspecified atom stereocenters. The zero-order valence-electron chi connectivity index (χ0n) is 22.6. The Labute approximate surface area is 225 Å². The molecule has 0 amide bonds. The van der Waals surface area contributed by atoms with Crippen LogP contribution in [0.3, 0.4) is 0 Å². The zero-order chi connectivity index (χ0) is 25.9. The van der Waals surface area contributed by atoms with Crippen molar-refractivity contribution in [2.24, 2.45) is 5.92 Å². The predicted molar refractivity (Wildman–Crippen MR) is 151 cm³/mol. The van der Waals surface area contributed by atoms with E-state index in [2.05, 4.69) is 91.3 Å². The Bertz CT molecular complexity index is 1340. The molecule has 8 heteroatoms. The number of fused-ring (bicyclic) bond motifs is 1. The molecule has 6 rings (SSSR count). The van der Waals surface area contributed by atoms with Gasteiger partial charge in [0, 0.05) is 31.6 Å². The second-order valence-corrected chi connectivity index (χ2v) is 10.8. The third kappa shape index (κ3) is 5.23. The molecule has 0 bridgehead atoms. The van der Waals surface area contributed by atoms with Crippen molar-refractivity contribution >= 4 is 5.82 Å². The number of nitrogens with one attached hydrogen (secondary N) is 1. The molecule has 0 saturated heterocycles. The molecule has 0 radical (unpaired) electrons. The van der Waals surface area contributed by atoms with Gasteiger partial charge in [0.15, 0.2) is 11.6 Å². The Morgan fingerprint density at radius 3 is 2.50 bits per heavy atom. The van der Waals surface area contributed by atoms with Crippen LogP contribution < -0.4 is 4.90 Å². The molecule has 2 aromatic carbocycles. The fraction of sp³-hybridized carbons (Fsp3) is 0.467. The first kappa shape index (κ1) is 24.8. The minimum atomic E-state index is 0.683. The van der Waals surface area contributed by atoms with E-state index in [1.54, 1.807) is 0 Å². The van der Waals surface area contributed by atoms with Gasteiger partial charge in [-0.05, 0) is 58.8 Å². The molecule has 1 saturated carbocycles. The molecule has 1 fully saturated rings. The van der Waals surface area contributed by atoms with Crippen LogP contribution in [0, 0.1) is 5.92 Å². The number of hydrogen-bond donors (Lipinski definition) is 1. The van der Waals surface area contributed by atoms with Gasteiger partial charge in [-0.25, -0.2) is 10.1 Å². The first-order chi connectivity index (χ1) is 18.7. The van der Waals surface area contributed by atoms with E-state index >= 15 is 0 Å². The number of aromatic nitrogens is 6. The van der Waals surface area contributed by atoms with Gasteiger partial charge in [0.2, 0.25) is 0 Å². The minimum Gasteiger partial charge on any atom is -0.342 e. The van der Waals surface area contributed by atoms with Crippen LogP contribution in [0.15, 0.2) is 48.5 Å². The summed E-state index contributed by atoms with van der Waals surface area (Å²) in [5, 5.41) is 14.5. The molecule has 1 N–H and O–H groups in total. The number of benzene rings is 2. The Hall–Kier alpha value is -3.52. The Morgan fingerprint density at radius 1 is 0.974 bits per heavy atom. The molecule has 38 heavy (non-hydrogen) atoms. The summed E-state index contributed by atoms with van der Waals surface area (Å²) in [4.78, 5) is 10.4. The van der Waals surface area contributed by atoms with E-state index in [-0.39, 0.29) is 0 Å². The number of H-pyrrole nitrogens is 1. The fourth-order valence-corrected chi connectivity index (χ4v) is 5.57. The van der Waals surface area contributed by atoms with Crippen molar-refractivity contribution in [3.8, 4) is 22.5 Å². The Morgan fingerprint density at radius 2 is 1.79 bits per heavy atom. The number of hydrogen-bond acceptors (Lipinski definition) is 6. The van der Waals surface area contributed by atoms with Crippen LogP contribution in [0.2, 0.25) is 0 Å². The second kappa shape index (κ2) is 11.1. The van der Waals surface area contributed by atoms with Crippen molar-refractivity contribution in [3.05, 3.63) is 65.6 Å². The number of imidazole rings is 1. The topological polar surface area (TPSA) is 78.8 Å². The van der Waals surface area contributed by atoms with E-state index in [4.69, 9.17) is 4.98 Å². The van der Waals surface area contributed by atoms with Crippen molar-refractivity contribution in [3.63, 3.8) is 0 Å². The third-order valence-corrected chi connectivity index (χ3v) is 7.93. The lowest BCUT2D eigenvalue weighted by Gasteiger charge is -2.36. The number of nitrogens with zero attached hydrogens (tertiary/aromatic N) is 7. The Kier molecular flexibility index (Phi) is 7.22. The molecule has 2 aromatic heterocycles. The van der Waals surface area contributed by atoms with Crippen LogP contribution in [0.25, 0.3) is 22.5 Å². The van der Waals surface area contributed by atoms with Crippen molar-refractivity contribution in [1.82, 2.24) is 35.1 Å². The first-order valence-corrected chi connectivity index (χ1v) is 14.2. The SMILES string of the molecule is CCCCCc1nc2c(n1Cc1ccc(-c3ccccc3-c3nnn[nH]3)cc1)CN(CC)CN2CC1CC1. The molecule has 8 nitrogen and oxygen atoms in total. The largest absolute Gasteiger partial charge is 0.342 e. The summed E-state index contributed by atoms with van der Waals surface area (Å²) in [6.45, 7) is 9.58. The number of anilines is 1. The summed E-state index contributed by atoms with van der Waals surface area (Å²) in [6.07, 6.45) is 7.44. The van der Waals surface area contributed by atoms with E-state index in [9.17, 15) is 0 Å². The van der Waals surface area contributed by atoms with E-state index in [0.29, 0.717) is 5.82 Å². The van der Waals surface area contributed by atoms with Gasteiger partial charge in [-0.3, -0.25) is 4.90 Å². The van der Waals surface area contributed by atoms with Crippen LogP contribution in [-0.2, 0) is 19.5 Å². The summed E-state index contributed by atoms with van der Waals surface area (Å²) in [5.41, 5.74) is 5.96. The standard InChI is InChI=1S/C30H38N8/c1-3-5-6-11-28-31-30-27(20-36(4-2)21-37(30)18-22-12-13-22)38(28)19-23-14-16-24(17-15-23)25-9-7-8-10-26(25)29-32-34-35-33-29/h7-10,14-17,22H,3-6,11-13,18-21H2,1-2H3,(H,32,33,34,35). The molecular weight excluding hydrogens is 472 g/mol. The highest BCUT2D eigenvalue weighted by Crippen LogP contribution is 2.36. The lowest BCUT2D eigenvalue weighted by molar-refractivity contribution is 0.256. The van der Waals surface area contributed by atoms with Gasteiger partial charge in [0.1, 0.15) is 5.82 Å². The number of rotatable bonds is 11. The van der Waals surface area contributed by atoms with Gasteiger partial charge >= 0.3 is 0 Å². The maximum absolute atomic E-state index is 5.29. The van der Waals surface area contributed by atoms with Gasteiger partial charge in [-0.1, -0.05) is 75.2 Å². The highest BCUT2D eigenvalue weighted by atomic mass is 15.5. The fourth-order valence-electron chi connectivity index (χ4n) is 5.57. The van der Waals surface area contributed by atoms with Gasteiger partial charge in [0.25, 0.3) is 0 Å². The first-order valence-electron chi connectivity index (χ1n) is 14.2. The molecule has 0 spiro atoms. The van der Waals surface area contributed by atoms with Gasteiger partial charge in [0.05, 0.1) is 12.4 Å². The molecule has 3 heterocycles. The van der Waals surface area contributed by atoms with Crippen molar-refractivity contribution in [2.75, 3.05) is 24.7 Å². The van der Waals surface area contributed by atoms with E-state index in [0.717, 1.165) is 61.9 Å². The summed E-state index contributed by atoms with van der Waals surface area (Å²) < 4.78 is 2.52. The molecule has 1 aliphatic heterocycles. The van der Waals surface area contributed by atoms with Crippen LogP contribution in [-0.4, -0.2) is 54.8 Å². The third-order valence-electron chi connectivity index (χ3n) is 7.93. The summed E-state index contributed by atoms with van der Waals surface area (Å²) >= 11 is 0. The Balaban J connectivity index is 1.30. The number of tetrazole rings is 1. The highest BCUT2D eigenvalue weighted by molar-refractivity contribution is 5.80. The molecule has 2 aliphatic rings. The molecule has 4 aromatic rings. The average Bonchev–Trinajstić information content (AvgIpc) is 3.46. The molecule has 1 aliphatic carbocycles. The molecule has 0 atom stereocenters. The summed E-state index contributed by atoms with van der Waals surface area (Å²) in [6, 6.07) is 17.2. The van der Waals surface area contributed by atoms with Gasteiger partial charge in [-0.15, -0.1) is 5.10 Å². The maximum Gasteiger partial charge on any atom is 0.180 e. The smallest absolute Gasteiger partial charge is 0.180 e. The quantitative estimate of drug-likeness (QED) is 0.268. The molecule has 198 valence electrons. The van der Waals surface area contributed by atoms with E-state index in [1.165, 1.54) is 55.0 Å². The van der Waals surface area contributed by atoms with Crippen LogP contribution >= 0.6 is 0 Å². The van der Waals surface area contributed by atoms with Crippen molar-refractivity contribution < 1.29 is 0 Å². The minimum absolute atomic E-state index is 0.683. The second-order valence-electron chi connectivity index (χ2n) is 10.8. The monoisotopic (exact) mass is 510 g/mol. The lowest BCUT2D eigenvalue weighted by Crippen LogP contribution is -2.43. The maximum atomic E-state index is 5.29. The number of aryl methyl sites for hydroxylation is 1. The average molecular weight is 511 g/mol.